The maximum Gasteiger partial charge on any atom is 0.343 e. The lowest BCUT2D eigenvalue weighted by Crippen LogP contribution is -2.40. The minimum absolute atomic E-state index is 0.138. The average molecular weight is 627 g/mol. The van der Waals surface area contributed by atoms with Crippen LogP contribution in [0.5, 0.6) is 17.2 Å². The van der Waals surface area contributed by atoms with Gasteiger partial charge in [0.05, 0.1) is 42.2 Å². The van der Waals surface area contributed by atoms with Crippen molar-refractivity contribution in [3.8, 4) is 17.2 Å². The van der Waals surface area contributed by atoms with Crippen LogP contribution in [0.25, 0.3) is 6.08 Å². The van der Waals surface area contributed by atoms with Crippen molar-refractivity contribution in [3.63, 3.8) is 0 Å². The highest BCUT2D eigenvalue weighted by Crippen LogP contribution is 2.36. The van der Waals surface area contributed by atoms with Crippen molar-refractivity contribution >= 4 is 41.0 Å². The number of ether oxygens (including phenoxy) is 5. The predicted octanol–water partition coefficient (Wildman–Crippen LogP) is 3.97. The van der Waals surface area contributed by atoms with E-state index in [1.54, 1.807) is 69.3 Å². The molecule has 43 heavy (non-hydrogen) atoms. The smallest absolute Gasteiger partial charge is 0.343 e. The first-order valence-electron chi connectivity index (χ1n) is 13.4. The minimum atomic E-state index is -0.887. The standard InChI is InChI=1S/C31H31ClN2O8S/c1-6-13-41-22-12-10-21(32)14-20(22)16-25-29(36)34-28(27(30(37)40-8-3)18(4)33-31(34)43-25)19-9-11-23(24(15-19)39-7-2)42-17-26(35)38-5/h6,9-12,14-16,28H,1,7-8,13,17H2,2-5H3/b25-16+/t28-/m0/s1. The molecule has 0 saturated carbocycles. The van der Waals surface area contributed by atoms with E-state index in [0.29, 0.717) is 55.0 Å². The summed E-state index contributed by atoms with van der Waals surface area (Å²) in [5.41, 5.74) is 1.41. The maximum absolute atomic E-state index is 14.0. The lowest BCUT2D eigenvalue weighted by atomic mass is 9.95. The molecule has 226 valence electrons. The molecule has 0 unspecified atom stereocenters. The predicted molar refractivity (Wildman–Crippen MR) is 163 cm³/mol. The van der Waals surface area contributed by atoms with Gasteiger partial charge in [-0.15, -0.1) is 0 Å². The number of nitrogens with zero attached hydrogens (tertiary/aromatic N) is 2. The zero-order valence-corrected chi connectivity index (χ0v) is 25.8. The summed E-state index contributed by atoms with van der Waals surface area (Å²) >= 11 is 7.44. The van der Waals surface area contributed by atoms with Gasteiger partial charge in [0.1, 0.15) is 12.4 Å². The van der Waals surface area contributed by atoms with Gasteiger partial charge in [0.15, 0.2) is 22.9 Å². The topological polar surface area (TPSA) is 115 Å². The molecule has 1 aromatic heterocycles. The minimum Gasteiger partial charge on any atom is -0.490 e. The number of aromatic nitrogens is 1. The molecule has 2 heterocycles. The molecule has 0 amide bonds. The van der Waals surface area contributed by atoms with E-state index in [9.17, 15) is 14.4 Å². The Labute approximate surface area is 257 Å². The Balaban J connectivity index is 1.91. The monoisotopic (exact) mass is 626 g/mol. The molecule has 1 aliphatic heterocycles. The number of fused-ring (bicyclic) bond motifs is 1. The zero-order valence-electron chi connectivity index (χ0n) is 24.2. The Morgan fingerprint density at radius 3 is 2.53 bits per heavy atom. The molecule has 3 aromatic rings. The lowest BCUT2D eigenvalue weighted by molar-refractivity contribution is -0.143. The highest BCUT2D eigenvalue weighted by atomic mass is 35.5. The summed E-state index contributed by atoms with van der Waals surface area (Å²) in [5.74, 6) is 0.00198. The quantitative estimate of drug-likeness (QED) is 0.219. The molecular formula is C31H31ClN2O8S. The van der Waals surface area contributed by atoms with E-state index < -0.39 is 18.0 Å². The highest BCUT2D eigenvalue weighted by molar-refractivity contribution is 7.07. The third-order valence-corrected chi connectivity index (χ3v) is 7.51. The van der Waals surface area contributed by atoms with Crippen LogP contribution < -0.4 is 29.1 Å². The Hall–Kier alpha value is -4.35. The normalized spacial score (nSPS) is 14.4. The Bertz CT molecular complexity index is 1760. The van der Waals surface area contributed by atoms with Crippen molar-refractivity contribution < 1.29 is 33.3 Å². The molecule has 0 saturated heterocycles. The van der Waals surface area contributed by atoms with E-state index in [1.807, 2.05) is 0 Å². The van der Waals surface area contributed by atoms with Crippen molar-refractivity contribution in [2.75, 3.05) is 33.5 Å². The van der Waals surface area contributed by atoms with E-state index in [2.05, 4.69) is 16.3 Å². The van der Waals surface area contributed by atoms with Crippen molar-refractivity contribution in [1.29, 1.82) is 0 Å². The number of hydrogen-bond acceptors (Lipinski definition) is 10. The number of halogens is 1. The summed E-state index contributed by atoms with van der Waals surface area (Å²) in [5, 5.41) is 0.473. The summed E-state index contributed by atoms with van der Waals surface area (Å²) in [6, 6.07) is 9.23. The van der Waals surface area contributed by atoms with Gasteiger partial charge in [-0.2, -0.15) is 0 Å². The second-order valence-corrected chi connectivity index (χ2v) is 10.5. The maximum atomic E-state index is 14.0. The van der Waals surface area contributed by atoms with E-state index in [1.165, 1.54) is 23.0 Å². The third-order valence-electron chi connectivity index (χ3n) is 6.29. The molecule has 1 aliphatic rings. The van der Waals surface area contributed by atoms with Gasteiger partial charge >= 0.3 is 11.9 Å². The van der Waals surface area contributed by atoms with Crippen LogP contribution in [-0.2, 0) is 19.1 Å². The van der Waals surface area contributed by atoms with Crippen LogP contribution in [-0.4, -0.2) is 50.0 Å². The van der Waals surface area contributed by atoms with Gasteiger partial charge in [-0.3, -0.25) is 9.36 Å². The zero-order chi connectivity index (χ0) is 31.1. The first-order chi connectivity index (χ1) is 20.7. The SMILES string of the molecule is C=CCOc1ccc(Cl)cc1/C=c1/sc2n(c1=O)[C@@H](c1ccc(OCC(=O)OC)c(OCC)c1)C(C(=O)OCC)=C(C)N=2. The number of benzene rings is 2. The molecule has 10 nitrogen and oxygen atoms in total. The second-order valence-electron chi connectivity index (χ2n) is 9.09. The van der Waals surface area contributed by atoms with Crippen LogP contribution in [0.3, 0.4) is 0 Å². The van der Waals surface area contributed by atoms with Crippen molar-refractivity contribution in [1.82, 2.24) is 4.57 Å². The number of rotatable bonds is 12. The van der Waals surface area contributed by atoms with Gasteiger partial charge in [0, 0.05) is 10.6 Å². The molecule has 4 rings (SSSR count). The molecular weight excluding hydrogens is 596 g/mol. The van der Waals surface area contributed by atoms with E-state index >= 15 is 0 Å². The lowest BCUT2D eigenvalue weighted by Gasteiger charge is -2.25. The van der Waals surface area contributed by atoms with Crippen molar-refractivity contribution in [2.45, 2.75) is 26.8 Å². The van der Waals surface area contributed by atoms with Crippen LogP contribution in [0, 0.1) is 0 Å². The number of esters is 2. The van der Waals surface area contributed by atoms with Crippen LogP contribution in [0.1, 0.15) is 37.9 Å². The second kappa shape index (κ2) is 14.2. The van der Waals surface area contributed by atoms with Gasteiger partial charge in [0.2, 0.25) is 0 Å². The molecule has 2 aromatic carbocycles. The fraction of sp³-hybridized carbons (Fsp3) is 0.290. The first-order valence-corrected chi connectivity index (χ1v) is 14.6. The molecule has 0 aliphatic carbocycles. The van der Waals surface area contributed by atoms with E-state index in [-0.39, 0.29) is 31.0 Å². The molecule has 0 radical (unpaired) electrons. The van der Waals surface area contributed by atoms with Gasteiger partial charge in [0.25, 0.3) is 5.56 Å². The molecule has 12 heteroatoms. The molecule has 0 fully saturated rings. The van der Waals surface area contributed by atoms with Gasteiger partial charge < -0.3 is 23.7 Å². The summed E-state index contributed by atoms with van der Waals surface area (Å²) in [4.78, 5) is 44.0. The molecule has 1 atom stereocenters. The Morgan fingerprint density at radius 2 is 1.84 bits per heavy atom. The first kappa shape index (κ1) is 31.6. The number of hydrogen-bond donors (Lipinski definition) is 0. The largest absolute Gasteiger partial charge is 0.490 e. The number of carbonyl (C=O) groups is 2. The Morgan fingerprint density at radius 1 is 1.07 bits per heavy atom. The summed E-state index contributed by atoms with van der Waals surface area (Å²) in [6.07, 6.45) is 3.30. The number of carbonyl (C=O) groups excluding carboxylic acids is 2. The molecule has 0 bridgehead atoms. The van der Waals surface area contributed by atoms with E-state index in [4.69, 9.17) is 30.5 Å². The fourth-order valence-electron chi connectivity index (χ4n) is 4.44. The van der Waals surface area contributed by atoms with Gasteiger partial charge in [-0.05, 0) is 62.7 Å². The summed E-state index contributed by atoms with van der Waals surface area (Å²) in [7, 11) is 1.27. The number of allylic oxidation sites excluding steroid dienone is 1. The van der Waals surface area contributed by atoms with Gasteiger partial charge in [-0.25, -0.2) is 14.6 Å². The summed E-state index contributed by atoms with van der Waals surface area (Å²) < 4.78 is 29.1. The fourth-order valence-corrected chi connectivity index (χ4v) is 5.66. The van der Waals surface area contributed by atoms with Gasteiger partial charge in [-0.1, -0.05) is 41.7 Å². The average Bonchev–Trinajstić information content (AvgIpc) is 3.29. The third kappa shape index (κ3) is 7.00. The van der Waals surface area contributed by atoms with Crippen LogP contribution in [0.15, 0.2) is 70.1 Å². The van der Waals surface area contributed by atoms with Crippen molar-refractivity contribution in [3.05, 3.63) is 96.2 Å². The Kier molecular flexibility index (Phi) is 10.4. The van der Waals surface area contributed by atoms with Crippen LogP contribution in [0.4, 0.5) is 0 Å². The van der Waals surface area contributed by atoms with E-state index in [0.717, 1.165) is 0 Å². The molecule has 0 spiro atoms. The van der Waals surface area contributed by atoms with Crippen molar-refractivity contribution in [2.24, 2.45) is 4.99 Å². The number of methoxy groups -OCH3 is 1. The summed E-state index contributed by atoms with van der Waals surface area (Å²) in [6.45, 7) is 9.28. The van der Waals surface area contributed by atoms with Crippen LogP contribution >= 0.6 is 22.9 Å². The van der Waals surface area contributed by atoms with Crippen LogP contribution in [0.2, 0.25) is 5.02 Å². The molecule has 0 N–H and O–H groups in total. The highest BCUT2D eigenvalue weighted by Gasteiger charge is 2.34. The number of thiazole rings is 1.